The third-order valence-electron chi connectivity index (χ3n) is 3.72. The number of fused-ring (bicyclic) bond motifs is 1. The monoisotopic (exact) mass is 284 g/mol. The normalized spacial score (nSPS) is 20.8. The summed E-state index contributed by atoms with van der Waals surface area (Å²) < 4.78 is 12.9. The molecule has 0 radical (unpaired) electrons. The number of hydrogen-bond acceptors (Lipinski definition) is 5. The number of benzene rings is 1. The molecule has 2 aromatic heterocycles. The lowest BCUT2D eigenvalue weighted by molar-refractivity contribution is 0.293. The Kier molecular flexibility index (Phi) is 2.89. The molecule has 108 valence electrons. The molecule has 0 amide bonds. The van der Waals surface area contributed by atoms with Crippen LogP contribution in [0.1, 0.15) is 5.56 Å². The molecule has 0 N–H and O–H groups in total. The van der Waals surface area contributed by atoms with E-state index in [1.807, 2.05) is 36.1 Å². The minimum atomic E-state index is 0.484. The van der Waals surface area contributed by atoms with Gasteiger partial charge in [-0.1, -0.05) is 0 Å². The average molecular weight is 284 g/mol. The molecule has 1 aliphatic heterocycles. The third kappa shape index (κ3) is 2.62. The van der Waals surface area contributed by atoms with Gasteiger partial charge in [-0.25, -0.2) is 4.98 Å². The quantitative estimate of drug-likeness (QED) is 0.669. The maximum atomic E-state index is 5.84. The Bertz CT molecular complexity index is 764. The Morgan fingerprint density at radius 2 is 2.38 bits per heavy atom. The van der Waals surface area contributed by atoms with Crippen molar-refractivity contribution in [3.8, 4) is 5.75 Å². The lowest BCUT2D eigenvalue weighted by Gasteiger charge is -2.06. The third-order valence-corrected chi connectivity index (χ3v) is 3.72. The Balaban J connectivity index is 1.31. The molecule has 1 aromatic carbocycles. The van der Waals surface area contributed by atoms with Crippen LogP contribution >= 0.6 is 0 Å². The van der Waals surface area contributed by atoms with E-state index >= 15 is 0 Å². The van der Waals surface area contributed by atoms with Crippen LogP contribution in [0.3, 0.4) is 0 Å². The number of nitrogens with zero attached hydrogens (tertiary/aromatic N) is 4. The molecule has 0 bridgehead atoms. The second-order valence-corrected chi connectivity index (χ2v) is 5.40. The predicted octanol–water partition coefficient (Wildman–Crippen LogP) is 1.82. The molecule has 0 saturated carbocycles. The molecular formula is C15H16N4O2. The fourth-order valence-corrected chi connectivity index (χ4v) is 2.48. The van der Waals surface area contributed by atoms with Gasteiger partial charge in [0.25, 0.3) is 0 Å². The molecule has 0 aliphatic carbocycles. The van der Waals surface area contributed by atoms with Crippen molar-refractivity contribution in [2.75, 3.05) is 13.2 Å². The molecule has 0 spiro atoms. The molecule has 2 atom stereocenters. The molecule has 4 rings (SSSR count). The molecule has 1 fully saturated rings. The van der Waals surface area contributed by atoms with Gasteiger partial charge in [0.1, 0.15) is 17.9 Å². The highest BCUT2D eigenvalue weighted by Gasteiger charge is 2.34. The summed E-state index contributed by atoms with van der Waals surface area (Å²) in [5.41, 5.74) is 2.85. The van der Waals surface area contributed by atoms with Crippen LogP contribution < -0.4 is 4.74 Å². The van der Waals surface area contributed by atoms with Crippen LogP contribution in [-0.4, -0.2) is 38.9 Å². The zero-order valence-corrected chi connectivity index (χ0v) is 11.8. The zero-order valence-electron chi connectivity index (χ0n) is 11.8. The lowest BCUT2D eigenvalue weighted by atomic mass is 10.3. The van der Waals surface area contributed by atoms with E-state index in [1.165, 1.54) is 12.0 Å². The van der Waals surface area contributed by atoms with Crippen LogP contribution in [0.15, 0.2) is 41.4 Å². The summed E-state index contributed by atoms with van der Waals surface area (Å²) in [6.45, 7) is 2.70. The first-order chi connectivity index (χ1) is 10.3. The van der Waals surface area contributed by atoms with E-state index in [1.54, 1.807) is 0 Å². The summed E-state index contributed by atoms with van der Waals surface area (Å²) >= 11 is 0. The summed E-state index contributed by atoms with van der Waals surface area (Å²) in [4.78, 5) is 6.50. The van der Waals surface area contributed by atoms with Gasteiger partial charge in [0.05, 0.1) is 12.2 Å². The van der Waals surface area contributed by atoms with Crippen molar-refractivity contribution < 1.29 is 9.15 Å². The smallest absolute Gasteiger partial charge is 0.181 e. The standard InChI is InChI=1S/C15H16N4O2/c1-18-6-11(5-17-18)7-19-8-12(19)9-20-13-2-3-15-14(4-13)16-10-21-15/h2-6,10,12H,7-9H2,1H3. The van der Waals surface area contributed by atoms with Crippen LogP contribution in [-0.2, 0) is 13.6 Å². The second kappa shape index (κ2) is 4.89. The predicted molar refractivity (Wildman–Crippen MR) is 76.9 cm³/mol. The van der Waals surface area contributed by atoms with E-state index in [4.69, 9.17) is 9.15 Å². The summed E-state index contributed by atoms with van der Waals surface area (Å²) in [5.74, 6) is 0.838. The summed E-state index contributed by atoms with van der Waals surface area (Å²) in [6, 6.07) is 6.20. The molecule has 3 heterocycles. The van der Waals surface area contributed by atoms with Crippen LogP contribution in [0, 0.1) is 0 Å². The van der Waals surface area contributed by atoms with Gasteiger partial charge >= 0.3 is 0 Å². The summed E-state index contributed by atoms with van der Waals surface area (Å²) in [7, 11) is 1.94. The van der Waals surface area contributed by atoms with E-state index < -0.39 is 0 Å². The zero-order chi connectivity index (χ0) is 14.2. The highest BCUT2D eigenvalue weighted by Crippen LogP contribution is 2.24. The largest absolute Gasteiger partial charge is 0.492 e. The van der Waals surface area contributed by atoms with Gasteiger partial charge in [-0.2, -0.15) is 5.10 Å². The van der Waals surface area contributed by atoms with Crippen molar-refractivity contribution in [3.63, 3.8) is 0 Å². The van der Waals surface area contributed by atoms with Crippen LogP contribution in [0.5, 0.6) is 5.75 Å². The first-order valence-corrected chi connectivity index (χ1v) is 6.95. The molecule has 6 nitrogen and oxygen atoms in total. The Morgan fingerprint density at radius 3 is 3.24 bits per heavy atom. The van der Waals surface area contributed by atoms with Crippen molar-refractivity contribution in [1.29, 1.82) is 0 Å². The fourth-order valence-electron chi connectivity index (χ4n) is 2.48. The summed E-state index contributed by atoms with van der Waals surface area (Å²) in [5, 5.41) is 4.18. The van der Waals surface area contributed by atoms with Crippen molar-refractivity contribution in [1.82, 2.24) is 19.7 Å². The number of oxazole rings is 1. The van der Waals surface area contributed by atoms with E-state index in [0.717, 1.165) is 29.9 Å². The molecule has 6 heteroatoms. The first kappa shape index (κ1) is 12.4. The van der Waals surface area contributed by atoms with Crippen molar-refractivity contribution in [2.45, 2.75) is 12.6 Å². The van der Waals surface area contributed by atoms with Crippen molar-refractivity contribution in [2.24, 2.45) is 7.05 Å². The number of aromatic nitrogens is 3. The van der Waals surface area contributed by atoms with E-state index in [9.17, 15) is 0 Å². The molecule has 2 unspecified atom stereocenters. The minimum Gasteiger partial charge on any atom is -0.492 e. The van der Waals surface area contributed by atoms with Crippen LogP contribution in [0.25, 0.3) is 11.1 Å². The Morgan fingerprint density at radius 1 is 1.43 bits per heavy atom. The number of aryl methyl sites for hydroxylation is 1. The van der Waals surface area contributed by atoms with E-state index in [2.05, 4.69) is 21.2 Å². The van der Waals surface area contributed by atoms with Gasteiger partial charge in [-0.3, -0.25) is 9.58 Å². The van der Waals surface area contributed by atoms with E-state index in [-0.39, 0.29) is 0 Å². The Labute approximate surface area is 121 Å². The highest BCUT2D eigenvalue weighted by molar-refractivity contribution is 5.73. The molecular weight excluding hydrogens is 268 g/mol. The molecule has 1 aliphatic rings. The summed E-state index contributed by atoms with van der Waals surface area (Å²) in [6.07, 6.45) is 5.41. The second-order valence-electron chi connectivity index (χ2n) is 5.40. The van der Waals surface area contributed by atoms with Crippen LogP contribution in [0.2, 0.25) is 0 Å². The van der Waals surface area contributed by atoms with Gasteiger partial charge < -0.3 is 9.15 Å². The van der Waals surface area contributed by atoms with Gasteiger partial charge in [-0.15, -0.1) is 0 Å². The maximum Gasteiger partial charge on any atom is 0.181 e. The first-order valence-electron chi connectivity index (χ1n) is 6.95. The highest BCUT2D eigenvalue weighted by atomic mass is 16.5. The molecule has 1 saturated heterocycles. The van der Waals surface area contributed by atoms with Gasteiger partial charge in [0.15, 0.2) is 12.0 Å². The number of rotatable bonds is 5. The van der Waals surface area contributed by atoms with Crippen LogP contribution in [0.4, 0.5) is 0 Å². The number of hydrogen-bond donors (Lipinski definition) is 0. The van der Waals surface area contributed by atoms with Crippen molar-refractivity contribution in [3.05, 3.63) is 42.5 Å². The SMILES string of the molecule is Cn1cc(CN2CC2COc2ccc3ocnc3c2)cn1. The topological polar surface area (TPSA) is 56.1 Å². The Hall–Kier alpha value is -2.34. The lowest BCUT2D eigenvalue weighted by Crippen LogP contribution is -2.10. The fraction of sp³-hybridized carbons (Fsp3) is 0.333. The average Bonchev–Trinajstić information content (AvgIpc) is 2.85. The van der Waals surface area contributed by atoms with E-state index in [0.29, 0.717) is 12.6 Å². The van der Waals surface area contributed by atoms with Gasteiger partial charge in [0.2, 0.25) is 0 Å². The van der Waals surface area contributed by atoms with Gasteiger partial charge in [-0.05, 0) is 12.1 Å². The molecule has 21 heavy (non-hydrogen) atoms. The number of ether oxygens (including phenoxy) is 1. The molecule has 3 aromatic rings. The minimum absolute atomic E-state index is 0.484. The maximum absolute atomic E-state index is 5.84. The van der Waals surface area contributed by atoms with Crippen molar-refractivity contribution >= 4 is 11.1 Å². The van der Waals surface area contributed by atoms with Gasteiger partial charge in [0, 0.05) is 38.0 Å².